The van der Waals surface area contributed by atoms with Crippen molar-refractivity contribution in [3.63, 3.8) is 0 Å². The zero-order valence-corrected chi connectivity index (χ0v) is 13.2. The molecule has 23 heavy (non-hydrogen) atoms. The minimum absolute atomic E-state index is 0.106. The van der Waals surface area contributed by atoms with E-state index in [0.29, 0.717) is 13.1 Å². The Labute approximate surface area is 136 Å². The van der Waals surface area contributed by atoms with Gasteiger partial charge in [-0.25, -0.2) is 0 Å². The van der Waals surface area contributed by atoms with Crippen LogP contribution in [-0.4, -0.2) is 58.7 Å². The number of aliphatic hydroxyl groups excluding tert-OH is 2. The molecule has 0 bridgehead atoms. The van der Waals surface area contributed by atoms with Gasteiger partial charge in [-0.1, -0.05) is 24.3 Å². The minimum Gasteiger partial charge on any atom is -0.422 e. The topological polar surface area (TPSA) is 97.0 Å². The van der Waals surface area contributed by atoms with Crippen molar-refractivity contribution in [2.45, 2.75) is 6.92 Å². The summed E-state index contributed by atoms with van der Waals surface area (Å²) in [7, 11) is -1.46. The maximum absolute atomic E-state index is 8.80. The van der Waals surface area contributed by atoms with E-state index in [1.807, 2.05) is 42.2 Å². The van der Waals surface area contributed by atoms with Gasteiger partial charge in [0.25, 0.3) is 0 Å². The van der Waals surface area contributed by atoms with Gasteiger partial charge in [0.2, 0.25) is 0 Å². The number of anilines is 1. The molecule has 0 aliphatic heterocycles. The number of para-hydroxylation sites is 1. The highest BCUT2D eigenvalue weighted by molar-refractivity contribution is 6.57. The monoisotopic (exact) mass is 318 g/mol. The third kappa shape index (κ3) is 7.25. The highest BCUT2D eigenvalue weighted by Crippen LogP contribution is 2.11. The molecule has 0 aliphatic carbocycles. The van der Waals surface area contributed by atoms with Crippen LogP contribution in [0, 0.1) is 6.92 Å². The van der Waals surface area contributed by atoms with Crippen LogP contribution < -0.4 is 10.5 Å². The summed E-state index contributed by atoms with van der Waals surface area (Å²) in [4.78, 5) is 5.72. The zero-order valence-electron chi connectivity index (χ0n) is 13.2. The van der Waals surface area contributed by atoms with Crippen LogP contribution in [-0.2, 0) is 0 Å². The van der Waals surface area contributed by atoms with E-state index in [1.54, 1.807) is 18.3 Å². The van der Waals surface area contributed by atoms with Gasteiger partial charge < -0.3 is 25.2 Å². The second-order valence-corrected chi connectivity index (χ2v) is 4.90. The van der Waals surface area contributed by atoms with Crippen LogP contribution in [0.4, 0.5) is 5.69 Å². The standard InChI is InChI=1S/C10H15NO2.C6H8BNO2/c12-8-6-11(7-9-13)10-4-2-1-3-5-10;1-5-2-3-6(7(9)10)8-4-5/h1-5,12-13H,6-9H2;2-4,9-10H,1H3. The fraction of sp³-hybridized carbons (Fsp3) is 0.312. The smallest absolute Gasteiger partial charge is 0.422 e. The molecule has 1 aromatic heterocycles. The summed E-state index contributed by atoms with van der Waals surface area (Å²) in [6.07, 6.45) is 1.59. The van der Waals surface area contributed by atoms with Crippen molar-refractivity contribution in [1.82, 2.24) is 4.98 Å². The Balaban J connectivity index is 0.000000238. The molecule has 0 unspecified atom stereocenters. The molecule has 0 fully saturated rings. The first kappa shape index (κ1) is 19.1. The molecule has 0 atom stereocenters. The number of hydrogen-bond donors (Lipinski definition) is 4. The Morgan fingerprint density at radius 2 is 1.57 bits per heavy atom. The highest BCUT2D eigenvalue weighted by Gasteiger charge is 2.10. The Bertz CT molecular complexity index is 532. The fourth-order valence-electron chi connectivity index (χ4n) is 1.88. The molecule has 2 rings (SSSR count). The largest absolute Gasteiger partial charge is 0.508 e. The SMILES string of the molecule is Cc1ccc(B(O)O)nc1.OCCN(CCO)c1ccccc1. The van der Waals surface area contributed by atoms with Gasteiger partial charge in [-0.3, -0.25) is 4.98 Å². The molecule has 1 heterocycles. The van der Waals surface area contributed by atoms with E-state index in [2.05, 4.69) is 4.98 Å². The number of hydrogen-bond acceptors (Lipinski definition) is 6. The van der Waals surface area contributed by atoms with Crippen molar-refractivity contribution in [1.29, 1.82) is 0 Å². The Hall–Kier alpha value is -1.93. The summed E-state index contributed by atoms with van der Waals surface area (Å²) in [5, 5.41) is 34.8. The summed E-state index contributed by atoms with van der Waals surface area (Å²) in [5.41, 5.74) is 2.32. The summed E-state index contributed by atoms with van der Waals surface area (Å²) in [6, 6.07) is 13.1. The quantitative estimate of drug-likeness (QED) is 0.539. The van der Waals surface area contributed by atoms with Gasteiger partial charge in [-0.15, -0.1) is 0 Å². The molecule has 0 aliphatic rings. The predicted molar refractivity (Wildman–Crippen MR) is 91.6 cm³/mol. The minimum atomic E-state index is -1.46. The van der Waals surface area contributed by atoms with E-state index in [1.165, 1.54) is 0 Å². The third-order valence-electron chi connectivity index (χ3n) is 3.06. The zero-order chi connectivity index (χ0) is 17.1. The second kappa shape index (κ2) is 10.7. The molecule has 0 saturated heterocycles. The van der Waals surface area contributed by atoms with Crippen LogP contribution in [0.5, 0.6) is 0 Å². The Morgan fingerprint density at radius 1 is 0.957 bits per heavy atom. The van der Waals surface area contributed by atoms with Crippen LogP contribution in [0.1, 0.15) is 5.56 Å². The van der Waals surface area contributed by atoms with Gasteiger partial charge in [-0.2, -0.15) is 0 Å². The number of aliphatic hydroxyl groups is 2. The van der Waals surface area contributed by atoms with Gasteiger partial charge in [0.15, 0.2) is 0 Å². The molecule has 0 amide bonds. The highest BCUT2D eigenvalue weighted by atomic mass is 16.4. The van der Waals surface area contributed by atoms with Gasteiger partial charge in [0, 0.05) is 25.0 Å². The first-order valence-corrected chi connectivity index (χ1v) is 7.39. The van der Waals surface area contributed by atoms with E-state index in [-0.39, 0.29) is 18.8 Å². The van der Waals surface area contributed by atoms with Crippen molar-refractivity contribution in [3.8, 4) is 0 Å². The van der Waals surface area contributed by atoms with E-state index in [0.717, 1.165) is 11.3 Å². The Kier molecular flexibility index (Phi) is 8.93. The number of aryl methyl sites for hydroxylation is 1. The lowest BCUT2D eigenvalue weighted by Gasteiger charge is -2.22. The maximum atomic E-state index is 8.80. The first-order chi connectivity index (χ1) is 11.1. The normalized spacial score (nSPS) is 9.78. The molecule has 124 valence electrons. The maximum Gasteiger partial charge on any atom is 0.508 e. The molecule has 0 radical (unpaired) electrons. The number of aromatic nitrogens is 1. The average molecular weight is 318 g/mol. The number of pyridine rings is 1. The van der Waals surface area contributed by atoms with Crippen molar-refractivity contribution in [2.75, 3.05) is 31.2 Å². The van der Waals surface area contributed by atoms with Crippen LogP contribution in [0.3, 0.4) is 0 Å². The molecule has 1 aromatic carbocycles. The van der Waals surface area contributed by atoms with Gasteiger partial charge >= 0.3 is 7.12 Å². The fourth-order valence-corrected chi connectivity index (χ4v) is 1.88. The molecule has 6 nitrogen and oxygen atoms in total. The van der Waals surface area contributed by atoms with Crippen molar-refractivity contribution in [2.24, 2.45) is 0 Å². The molecule has 0 spiro atoms. The van der Waals surface area contributed by atoms with E-state index < -0.39 is 7.12 Å². The van der Waals surface area contributed by atoms with E-state index in [9.17, 15) is 0 Å². The van der Waals surface area contributed by atoms with Gasteiger partial charge in [0.1, 0.15) is 0 Å². The number of benzene rings is 1. The second-order valence-electron chi connectivity index (χ2n) is 4.90. The van der Waals surface area contributed by atoms with Gasteiger partial charge in [-0.05, 0) is 30.7 Å². The van der Waals surface area contributed by atoms with Gasteiger partial charge in [0.05, 0.1) is 18.8 Å². The van der Waals surface area contributed by atoms with Crippen molar-refractivity contribution < 1.29 is 20.3 Å². The summed E-state index contributed by atoms with van der Waals surface area (Å²) < 4.78 is 0. The number of nitrogens with zero attached hydrogens (tertiary/aromatic N) is 2. The predicted octanol–water partition coefficient (Wildman–Crippen LogP) is -0.453. The van der Waals surface area contributed by atoms with Crippen molar-refractivity contribution >= 4 is 18.4 Å². The molecular formula is C16H23BN2O4. The Morgan fingerprint density at radius 3 is 2.00 bits per heavy atom. The molecule has 2 aromatic rings. The van der Waals surface area contributed by atoms with Crippen LogP contribution in [0.25, 0.3) is 0 Å². The summed E-state index contributed by atoms with van der Waals surface area (Å²) >= 11 is 0. The molecule has 4 N–H and O–H groups in total. The first-order valence-electron chi connectivity index (χ1n) is 7.39. The van der Waals surface area contributed by atoms with Crippen LogP contribution in [0.15, 0.2) is 48.7 Å². The molecule has 0 saturated carbocycles. The van der Waals surface area contributed by atoms with E-state index in [4.69, 9.17) is 20.3 Å². The van der Waals surface area contributed by atoms with E-state index >= 15 is 0 Å². The van der Waals surface area contributed by atoms with Crippen LogP contribution in [0.2, 0.25) is 0 Å². The summed E-state index contributed by atoms with van der Waals surface area (Å²) in [6.45, 7) is 3.22. The lowest BCUT2D eigenvalue weighted by Crippen LogP contribution is -2.32. The lowest BCUT2D eigenvalue weighted by molar-refractivity contribution is 0.281. The van der Waals surface area contributed by atoms with Crippen molar-refractivity contribution in [3.05, 3.63) is 54.2 Å². The average Bonchev–Trinajstić information content (AvgIpc) is 2.56. The third-order valence-corrected chi connectivity index (χ3v) is 3.06. The molecular weight excluding hydrogens is 295 g/mol. The van der Waals surface area contributed by atoms with Crippen LogP contribution >= 0.6 is 0 Å². The number of rotatable bonds is 6. The summed E-state index contributed by atoms with van der Waals surface area (Å²) in [5.74, 6) is 0. The lowest BCUT2D eigenvalue weighted by atomic mass is 9.85. The molecule has 7 heteroatoms.